The predicted molar refractivity (Wildman–Crippen MR) is 95.0 cm³/mol. The zero-order valence-corrected chi connectivity index (χ0v) is 15.2. The number of nitrogens with one attached hydrogen (secondary N) is 1. The lowest BCUT2D eigenvalue weighted by atomic mass is 10.2. The molecular formula is C17H24N6O2. The largest absolute Gasteiger partial charge is 0.466 e. The molecule has 3 heterocycles. The lowest BCUT2D eigenvalue weighted by molar-refractivity contribution is 0.0948. The summed E-state index contributed by atoms with van der Waals surface area (Å²) in [5.41, 5.74) is 0.541. The molecule has 8 heteroatoms. The molecule has 1 saturated heterocycles. The number of aryl methyl sites for hydroxylation is 2. The minimum Gasteiger partial charge on any atom is -0.466 e. The molecular weight excluding hydrogens is 320 g/mol. The summed E-state index contributed by atoms with van der Waals surface area (Å²) in [5, 5.41) is 2.86. The van der Waals surface area contributed by atoms with Crippen molar-refractivity contribution >= 4 is 17.8 Å². The SMILES string of the molecule is Cc1cc(C(=O)NCc2nc(N(C)C)nc(N3CCCC3)n2)c(C)o1. The number of amides is 1. The van der Waals surface area contributed by atoms with Gasteiger partial charge in [0.05, 0.1) is 12.1 Å². The van der Waals surface area contributed by atoms with Gasteiger partial charge in [-0.2, -0.15) is 15.0 Å². The minimum atomic E-state index is -0.191. The summed E-state index contributed by atoms with van der Waals surface area (Å²) < 4.78 is 5.41. The van der Waals surface area contributed by atoms with Gasteiger partial charge in [0.2, 0.25) is 11.9 Å². The van der Waals surface area contributed by atoms with Crippen LogP contribution in [-0.2, 0) is 6.54 Å². The Hall–Kier alpha value is -2.64. The van der Waals surface area contributed by atoms with Gasteiger partial charge in [-0.1, -0.05) is 0 Å². The second-order valence-corrected chi connectivity index (χ2v) is 6.45. The van der Waals surface area contributed by atoms with Gasteiger partial charge in [-0.3, -0.25) is 4.79 Å². The normalized spacial score (nSPS) is 14.0. The van der Waals surface area contributed by atoms with Crippen molar-refractivity contribution in [1.29, 1.82) is 0 Å². The zero-order valence-electron chi connectivity index (χ0n) is 15.2. The smallest absolute Gasteiger partial charge is 0.255 e. The number of nitrogens with zero attached hydrogens (tertiary/aromatic N) is 5. The van der Waals surface area contributed by atoms with E-state index in [1.807, 2.05) is 25.9 Å². The summed E-state index contributed by atoms with van der Waals surface area (Å²) in [4.78, 5) is 29.8. The molecule has 134 valence electrons. The number of hydrogen-bond acceptors (Lipinski definition) is 7. The molecule has 1 fully saturated rings. The van der Waals surface area contributed by atoms with Gasteiger partial charge in [0.1, 0.15) is 11.5 Å². The molecule has 0 spiro atoms. The quantitative estimate of drug-likeness (QED) is 0.883. The minimum absolute atomic E-state index is 0.191. The van der Waals surface area contributed by atoms with E-state index in [0.29, 0.717) is 34.8 Å². The molecule has 1 aliphatic heterocycles. The van der Waals surface area contributed by atoms with Crippen molar-refractivity contribution in [3.63, 3.8) is 0 Å². The van der Waals surface area contributed by atoms with E-state index >= 15 is 0 Å². The van der Waals surface area contributed by atoms with Gasteiger partial charge >= 0.3 is 0 Å². The average molecular weight is 344 g/mol. The summed E-state index contributed by atoms with van der Waals surface area (Å²) >= 11 is 0. The van der Waals surface area contributed by atoms with Gasteiger partial charge in [0.25, 0.3) is 5.91 Å². The number of rotatable bonds is 5. The fourth-order valence-electron chi connectivity index (χ4n) is 2.84. The van der Waals surface area contributed by atoms with Crippen molar-refractivity contribution in [3.8, 4) is 0 Å². The molecule has 3 rings (SSSR count). The van der Waals surface area contributed by atoms with Crippen LogP contribution >= 0.6 is 0 Å². The Kier molecular flexibility index (Phi) is 4.87. The molecule has 2 aromatic heterocycles. The molecule has 0 atom stereocenters. The van der Waals surface area contributed by atoms with E-state index in [2.05, 4.69) is 25.2 Å². The van der Waals surface area contributed by atoms with Crippen LogP contribution in [0.4, 0.5) is 11.9 Å². The number of anilines is 2. The van der Waals surface area contributed by atoms with Crippen LogP contribution in [0.25, 0.3) is 0 Å². The number of furan rings is 1. The second kappa shape index (κ2) is 7.08. The van der Waals surface area contributed by atoms with Crippen molar-refractivity contribution in [2.24, 2.45) is 0 Å². The van der Waals surface area contributed by atoms with E-state index in [1.165, 1.54) is 0 Å². The highest BCUT2D eigenvalue weighted by Crippen LogP contribution is 2.18. The molecule has 0 saturated carbocycles. The van der Waals surface area contributed by atoms with Crippen molar-refractivity contribution in [2.75, 3.05) is 37.0 Å². The van der Waals surface area contributed by atoms with Crippen LogP contribution in [0.1, 0.15) is 40.5 Å². The second-order valence-electron chi connectivity index (χ2n) is 6.45. The van der Waals surface area contributed by atoms with Crippen molar-refractivity contribution in [3.05, 3.63) is 29.0 Å². The van der Waals surface area contributed by atoms with Crippen molar-refractivity contribution in [1.82, 2.24) is 20.3 Å². The Morgan fingerprint density at radius 3 is 2.56 bits per heavy atom. The van der Waals surface area contributed by atoms with E-state index in [-0.39, 0.29) is 12.5 Å². The van der Waals surface area contributed by atoms with Crippen LogP contribution in [0.15, 0.2) is 10.5 Å². The third-order valence-electron chi connectivity index (χ3n) is 4.14. The summed E-state index contributed by atoms with van der Waals surface area (Å²) in [6.07, 6.45) is 2.29. The third kappa shape index (κ3) is 3.89. The Morgan fingerprint density at radius 1 is 1.24 bits per heavy atom. The first-order chi connectivity index (χ1) is 11.9. The molecule has 0 aliphatic carbocycles. The summed E-state index contributed by atoms with van der Waals surface area (Å²) in [5.74, 6) is 2.95. The predicted octanol–water partition coefficient (Wildman–Crippen LogP) is 1.68. The van der Waals surface area contributed by atoms with E-state index in [1.54, 1.807) is 13.0 Å². The molecule has 0 bridgehead atoms. The highest BCUT2D eigenvalue weighted by molar-refractivity contribution is 5.95. The Morgan fingerprint density at radius 2 is 1.96 bits per heavy atom. The molecule has 1 amide bonds. The molecule has 0 aromatic carbocycles. The summed E-state index contributed by atoms with van der Waals surface area (Å²) in [6.45, 7) is 5.75. The van der Waals surface area contributed by atoms with Gasteiger partial charge < -0.3 is 19.5 Å². The third-order valence-corrected chi connectivity index (χ3v) is 4.14. The lowest BCUT2D eigenvalue weighted by Gasteiger charge is -2.18. The Bertz CT molecular complexity index is 764. The monoisotopic (exact) mass is 344 g/mol. The van der Waals surface area contributed by atoms with Crippen LogP contribution in [0.5, 0.6) is 0 Å². The first kappa shape index (κ1) is 17.2. The number of carbonyl (C=O) groups is 1. The van der Waals surface area contributed by atoms with Gasteiger partial charge in [-0.05, 0) is 32.8 Å². The van der Waals surface area contributed by atoms with Gasteiger partial charge in [-0.25, -0.2) is 0 Å². The Labute approximate surface area is 147 Å². The molecule has 1 aliphatic rings. The summed E-state index contributed by atoms with van der Waals surface area (Å²) in [6, 6.07) is 1.74. The van der Waals surface area contributed by atoms with Gasteiger partial charge in [-0.15, -0.1) is 0 Å². The maximum Gasteiger partial charge on any atom is 0.255 e. The van der Waals surface area contributed by atoms with E-state index < -0.39 is 0 Å². The average Bonchev–Trinajstić information content (AvgIpc) is 3.22. The highest BCUT2D eigenvalue weighted by Gasteiger charge is 2.19. The van der Waals surface area contributed by atoms with Crippen LogP contribution in [0.3, 0.4) is 0 Å². The fourth-order valence-corrected chi connectivity index (χ4v) is 2.84. The van der Waals surface area contributed by atoms with Crippen LogP contribution < -0.4 is 15.1 Å². The maximum absolute atomic E-state index is 12.3. The van der Waals surface area contributed by atoms with Crippen LogP contribution in [0, 0.1) is 13.8 Å². The fraction of sp³-hybridized carbons (Fsp3) is 0.529. The molecule has 25 heavy (non-hydrogen) atoms. The van der Waals surface area contributed by atoms with Crippen LogP contribution in [0.2, 0.25) is 0 Å². The summed E-state index contributed by atoms with van der Waals surface area (Å²) in [7, 11) is 3.78. The van der Waals surface area contributed by atoms with Gasteiger partial charge in [0.15, 0.2) is 5.82 Å². The molecule has 0 radical (unpaired) electrons. The topological polar surface area (TPSA) is 87.4 Å². The molecule has 0 unspecified atom stereocenters. The van der Waals surface area contributed by atoms with E-state index in [4.69, 9.17) is 4.42 Å². The highest BCUT2D eigenvalue weighted by atomic mass is 16.3. The number of carbonyl (C=O) groups excluding carboxylic acids is 1. The molecule has 8 nitrogen and oxygen atoms in total. The maximum atomic E-state index is 12.3. The van der Waals surface area contributed by atoms with E-state index in [9.17, 15) is 4.79 Å². The number of aromatic nitrogens is 3. The standard InChI is InChI=1S/C17H24N6O2/c1-11-9-13(12(2)25-11)15(24)18-10-14-19-16(22(3)4)21-17(20-14)23-7-5-6-8-23/h9H,5-8,10H2,1-4H3,(H,18,24). The zero-order chi connectivity index (χ0) is 18.0. The molecule has 1 N–H and O–H groups in total. The molecule has 2 aromatic rings. The van der Waals surface area contributed by atoms with Crippen molar-refractivity contribution < 1.29 is 9.21 Å². The van der Waals surface area contributed by atoms with Gasteiger partial charge in [0, 0.05) is 27.2 Å². The van der Waals surface area contributed by atoms with Crippen LogP contribution in [-0.4, -0.2) is 48.0 Å². The Balaban J connectivity index is 1.76. The van der Waals surface area contributed by atoms with E-state index in [0.717, 1.165) is 25.9 Å². The first-order valence-corrected chi connectivity index (χ1v) is 8.46. The first-order valence-electron chi connectivity index (χ1n) is 8.46. The van der Waals surface area contributed by atoms with Crippen molar-refractivity contribution in [2.45, 2.75) is 33.2 Å². The lowest BCUT2D eigenvalue weighted by Crippen LogP contribution is -2.27. The number of hydrogen-bond donors (Lipinski definition) is 1.